The molecule has 0 aliphatic rings. The second-order valence-corrected chi connectivity index (χ2v) is 2.58. The second-order valence-electron chi connectivity index (χ2n) is 2.58. The summed E-state index contributed by atoms with van der Waals surface area (Å²) in [5.41, 5.74) is 3.49. The quantitative estimate of drug-likeness (QED) is 0.410. The van der Waals surface area contributed by atoms with Gasteiger partial charge >= 0.3 is 0 Å². The fourth-order valence-electron chi connectivity index (χ4n) is 0.795. The zero-order valence-electron chi connectivity index (χ0n) is 7.23. The fraction of sp³-hybridized carbons (Fsp3) is 0.444. The summed E-state index contributed by atoms with van der Waals surface area (Å²) in [6.45, 7) is 9.96. The normalized spacial score (nSPS) is 10.0. The van der Waals surface area contributed by atoms with E-state index >= 15 is 0 Å². The molecule has 0 radical (unpaired) electrons. The lowest BCUT2D eigenvalue weighted by Crippen LogP contribution is -1.88. The molecule has 0 atom stereocenters. The maximum atomic E-state index is 3.93. The summed E-state index contributed by atoms with van der Waals surface area (Å²) in [6, 6.07) is 0. The number of nitrogens with zero attached hydrogens (tertiary/aromatic N) is 1. The molecule has 0 heterocycles. The van der Waals surface area contributed by atoms with E-state index in [0.717, 1.165) is 11.1 Å². The topological polar surface area (TPSA) is 12.4 Å². The molecule has 1 heteroatoms. The summed E-state index contributed by atoms with van der Waals surface area (Å²) in [4.78, 5) is 3.93. The largest absolute Gasteiger partial charge is 0.296 e. The van der Waals surface area contributed by atoms with E-state index in [1.54, 1.807) is 7.05 Å². The zero-order chi connectivity index (χ0) is 8.15. The minimum atomic E-state index is 1.07. The maximum absolute atomic E-state index is 3.93. The summed E-state index contributed by atoms with van der Waals surface area (Å²) in [6.07, 6.45) is 1.84. The van der Waals surface area contributed by atoms with Crippen molar-refractivity contribution in [3.63, 3.8) is 0 Å². The first-order valence-electron chi connectivity index (χ1n) is 3.35. The molecule has 0 aromatic carbocycles. The van der Waals surface area contributed by atoms with Gasteiger partial charge in [0.2, 0.25) is 0 Å². The van der Waals surface area contributed by atoms with Gasteiger partial charge in [0.05, 0.1) is 0 Å². The molecule has 1 nitrogen and oxygen atoms in total. The van der Waals surface area contributed by atoms with Gasteiger partial charge in [0.1, 0.15) is 0 Å². The van der Waals surface area contributed by atoms with Crippen LogP contribution in [0.25, 0.3) is 0 Å². The van der Waals surface area contributed by atoms with E-state index in [1.165, 1.54) is 5.57 Å². The van der Waals surface area contributed by atoms with Crippen molar-refractivity contribution in [2.24, 2.45) is 4.99 Å². The van der Waals surface area contributed by atoms with Gasteiger partial charge in [-0.15, -0.1) is 0 Å². The third kappa shape index (κ3) is 2.62. The summed E-state index contributed by atoms with van der Waals surface area (Å²) < 4.78 is 0. The average Bonchev–Trinajstić information content (AvgIpc) is 1.81. The third-order valence-electron chi connectivity index (χ3n) is 1.26. The summed E-state index contributed by atoms with van der Waals surface area (Å²) in [5.74, 6) is 0. The highest BCUT2D eigenvalue weighted by molar-refractivity contribution is 5.84. The van der Waals surface area contributed by atoms with Gasteiger partial charge in [-0.2, -0.15) is 0 Å². The smallest absolute Gasteiger partial charge is 0.0283 e. The van der Waals surface area contributed by atoms with E-state index in [1.807, 2.05) is 13.1 Å². The van der Waals surface area contributed by atoms with Gasteiger partial charge in [0.25, 0.3) is 0 Å². The average molecular weight is 137 g/mol. The zero-order valence-corrected chi connectivity index (χ0v) is 7.23. The van der Waals surface area contributed by atoms with E-state index in [-0.39, 0.29) is 0 Å². The van der Waals surface area contributed by atoms with Crippen LogP contribution in [0.15, 0.2) is 28.3 Å². The molecule has 0 unspecified atom stereocenters. The molecule has 0 rings (SSSR count). The minimum Gasteiger partial charge on any atom is -0.296 e. The Balaban J connectivity index is 4.61. The minimum absolute atomic E-state index is 1.07. The molecule has 0 aliphatic heterocycles. The Kier molecular flexibility index (Phi) is 3.70. The van der Waals surface area contributed by atoms with Crippen LogP contribution in [-0.2, 0) is 0 Å². The summed E-state index contributed by atoms with van der Waals surface area (Å²) in [5, 5.41) is 0. The lowest BCUT2D eigenvalue weighted by atomic mass is 10.1. The van der Waals surface area contributed by atoms with E-state index in [2.05, 4.69) is 25.4 Å². The highest BCUT2D eigenvalue weighted by atomic mass is 14.6. The molecule has 0 aromatic rings. The molecule has 10 heavy (non-hydrogen) atoms. The van der Waals surface area contributed by atoms with Crippen LogP contribution in [-0.4, -0.2) is 13.3 Å². The monoisotopic (exact) mass is 137 g/mol. The van der Waals surface area contributed by atoms with Crippen molar-refractivity contribution in [2.75, 3.05) is 7.05 Å². The lowest BCUT2D eigenvalue weighted by molar-refractivity contribution is 1.31. The van der Waals surface area contributed by atoms with Crippen molar-refractivity contribution in [2.45, 2.75) is 20.8 Å². The van der Waals surface area contributed by atoms with Crippen molar-refractivity contribution in [1.29, 1.82) is 0 Å². The molecule has 0 amide bonds. The van der Waals surface area contributed by atoms with Gasteiger partial charge in [0, 0.05) is 13.3 Å². The van der Waals surface area contributed by atoms with Crippen molar-refractivity contribution in [3.8, 4) is 0 Å². The van der Waals surface area contributed by atoms with E-state index < -0.39 is 0 Å². The van der Waals surface area contributed by atoms with Gasteiger partial charge in [-0.25, -0.2) is 0 Å². The molecule has 0 spiro atoms. The highest BCUT2D eigenvalue weighted by Gasteiger charge is 1.94. The molecule has 56 valence electrons. The van der Waals surface area contributed by atoms with E-state index in [0.29, 0.717) is 0 Å². The van der Waals surface area contributed by atoms with Crippen molar-refractivity contribution in [1.82, 2.24) is 0 Å². The van der Waals surface area contributed by atoms with Crippen molar-refractivity contribution >= 4 is 6.21 Å². The van der Waals surface area contributed by atoms with Crippen LogP contribution in [0.4, 0.5) is 0 Å². The van der Waals surface area contributed by atoms with Crippen LogP contribution in [0, 0.1) is 0 Å². The van der Waals surface area contributed by atoms with Gasteiger partial charge in [0.15, 0.2) is 0 Å². The van der Waals surface area contributed by atoms with Crippen LogP contribution < -0.4 is 0 Å². The Morgan fingerprint density at radius 3 is 1.90 bits per heavy atom. The molecule has 0 saturated carbocycles. The Hall–Kier alpha value is -0.850. The fourth-order valence-corrected chi connectivity index (χ4v) is 0.795. The predicted molar refractivity (Wildman–Crippen MR) is 47.6 cm³/mol. The standard InChI is InChI=1S/C9H15N/c1-7(2)9(6-10-5)8(3)4/h6H,1H2,2-5H3. The number of hydrogen-bond donors (Lipinski definition) is 0. The molecule has 0 fully saturated rings. The number of allylic oxidation sites excluding steroid dienone is 3. The van der Waals surface area contributed by atoms with Gasteiger partial charge in [-0.3, -0.25) is 4.99 Å². The van der Waals surface area contributed by atoms with Gasteiger partial charge in [-0.05, 0) is 31.9 Å². The third-order valence-corrected chi connectivity index (χ3v) is 1.26. The second kappa shape index (κ2) is 4.04. The van der Waals surface area contributed by atoms with Crippen LogP contribution in [0.2, 0.25) is 0 Å². The van der Waals surface area contributed by atoms with Crippen LogP contribution >= 0.6 is 0 Å². The van der Waals surface area contributed by atoms with Crippen LogP contribution in [0.1, 0.15) is 20.8 Å². The van der Waals surface area contributed by atoms with E-state index in [4.69, 9.17) is 0 Å². The number of hydrogen-bond acceptors (Lipinski definition) is 1. The predicted octanol–water partition coefficient (Wildman–Crippen LogP) is 2.60. The molecular formula is C9H15N. The molecule has 0 aliphatic carbocycles. The Morgan fingerprint density at radius 1 is 1.30 bits per heavy atom. The van der Waals surface area contributed by atoms with E-state index in [9.17, 15) is 0 Å². The first-order valence-corrected chi connectivity index (χ1v) is 3.35. The first-order chi connectivity index (χ1) is 4.59. The lowest BCUT2D eigenvalue weighted by Gasteiger charge is -2.01. The molecular weight excluding hydrogens is 122 g/mol. The van der Waals surface area contributed by atoms with Crippen LogP contribution in [0.3, 0.4) is 0 Å². The van der Waals surface area contributed by atoms with Crippen molar-refractivity contribution in [3.05, 3.63) is 23.3 Å². The van der Waals surface area contributed by atoms with Gasteiger partial charge < -0.3 is 0 Å². The first kappa shape index (κ1) is 9.15. The SMILES string of the molecule is C=C(C)C(C=NC)=C(C)C. The molecule has 0 N–H and O–H groups in total. The molecule has 0 saturated heterocycles. The highest BCUT2D eigenvalue weighted by Crippen LogP contribution is 2.09. The summed E-state index contributed by atoms with van der Waals surface area (Å²) >= 11 is 0. The Bertz CT molecular complexity index is 181. The maximum Gasteiger partial charge on any atom is 0.0283 e. The van der Waals surface area contributed by atoms with Gasteiger partial charge in [-0.1, -0.05) is 12.2 Å². The summed E-state index contributed by atoms with van der Waals surface area (Å²) in [7, 11) is 1.77. The number of aliphatic imine (C=N–C) groups is 1. The molecule has 0 bridgehead atoms. The number of rotatable bonds is 2. The Morgan fingerprint density at radius 2 is 1.80 bits per heavy atom. The Labute approximate surface area is 63.2 Å². The van der Waals surface area contributed by atoms with Crippen LogP contribution in [0.5, 0.6) is 0 Å². The molecule has 0 aromatic heterocycles. The van der Waals surface area contributed by atoms with Crippen molar-refractivity contribution < 1.29 is 0 Å².